The monoisotopic (exact) mass is 289 g/mol. The average molecular weight is 289 g/mol. The molecule has 0 heterocycles. The summed E-state index contributed by atoms with van der Waals surface area (Å²) in [6, 6.07) is 0. The Balaban J connectivity index is 0. The van der Waals surface area contributed by atoms with Crippen molar-refractivity contribution < 1.29 is 68.9 Å². The second-order valence-electron chi connectivity index (χ2n) is 5.66. The minimum atomic E-state index is 0. The molecule has 0 fully saturated rings. The molecule has 0 radical (unpaired) electrons. The molecule has 0 rings (SSSR count). The van der Waals surface area contributed by atoms with E-state index in [0.717, 1.165) is 13.1 Å². The van der Waals surface area contributed by atoms with Crippen molar-refractivity contribution in [2.45, 2.75) is 41.5 Å². The zero-order valence-corrected chi connectivity index (χ0v) is 16.1. The first kappa shape index (κ1) is 16.4. The Hall–Kier alpha value is 2.01. The van der Waals surface area contributed by atoms with Gasteiger partial charge in [-0.05, 0) is 0 Å². The van der Waals surface area contributed by atoms with Gasteiger partial charge in [0, 0.05) is 0 Å². The molecule has 0 aliphatic carbocycles. The molecule has 0 aliphatic rings. The molecule has 0 aliphatic heterocycles. The van der Waals surface area contributed by atoms with Crippen LogP contribution in [0.1, 0.15) is 41.5 Å². The Bertz CT molecular complexity index is 94.0. The number of hydrogen-bond acceptors (Lipinski definition) is 0. The predicted molar refractivity (Wildman–Crippen MR) is 52.0 cm³/mol. The van der Waals surface area contributed by atoms with Gasteiger partial charge in [0.2, 0.25) is 0 Å². The van der Waals surface area contributed by atoms with Gasteiger partial charge in [0.25, 0.3) is 0 Å². The number of hydrogen-bond donors (Lipinski definition) is 0. The number of rotatable bonds is 2. The van der Waals surface area contributed by atoms with Crippen molar-refractivity contribution in [2.24, 2.45) is 10.8 Å². The van der Waals surface area contributed by atoms with Crippen LogP contribution in [0.3, 0.4) is 0 Å². The molecule has 0 amide bonds. The first-order valence-electron chi connectivity index (χ1n) is 4.34. The summed E-state index contributed by atoms with van der Waals surface area (Å²) in [7, 11) is 0. The second kappa shape index (κ2) is 6.49. The second-order valence-corrected chi connectivity index (χ2v) is 5.66. The van der Waals surface area contributed by atoms with Crippen LogP contribution in [0, 0.1) is 10.8 Å². The first-order valence-corrected chi connectivity index (χ1v) is 4.34. The van der Waals surface area contributed by atoms with Gasteiger partial charge in [-0.3, -0.25) is 0 Å². The van der Waals surface area contributed by atoms with Crippen LogP contribution in [0.5, 0.6) is 0 Å². The third-order valence-corrected chi connectivity index (χ3v) is 1.17. The minimum Gasteiger partial charge on any atom is -0.661 e. The van der Waals surface area contributed by atoms with Crippen molar-refractivity contribution in [3.63, 3.8) is 0 Å². The molecular weight excluding hydrogens is 267 g/mol. The van der Waals surface area contributed by atoms with E-state index in [4.69, 9.17) is 0 Å². The van der Waals surface area contributed by atoms with Gasteiger partial charge in [0.1, 0.15) is 0 Å². The van der Waals surface area contributed by atoms with Crippen LogP contribution < -0.4 is 68.9 Å². The quantitative estimate of drug-likeness (QED) is 0.701. The maximum atomic E-state index is 4.51. The van der Waals surface area contributed by atoms with E-state index in [2.05, 4.69) is 46.9 Å². The van der Waals surface area contributed by atoms with E-state index in [1.54, 1.807) is 0 Å². The van der Waals surface area contributed by atoms with Crippen LogP contribution >= 0.6 is 0 Å². The molecule has 1 nitrogen and oxygen atoms in total. The van der Waals surface area contributed by atoms with E-state index in [0.29, 0.717) is 10.8 Å². The molecule has 2 heteroatoms. The fourth-order valence-corrected chi connectivity index (χ4v) is 0.727. The molecule has 0 aromatic heterocycles. The molecule has 12 heavy (non-hydrogen) atoms. The van der Waals surface area contributed by atoms with Gasteiger partial charge in [-0.15, -0.1) is 13.1 Å². The molecule has 0 atom stereocenters. The van der Waals surface area contributed by atoms with E-state index in [1.165, 1.54) is 0 Å². The molecule has 0 unspecified atom stereocenters. The van der Waals surface area contributed by atoms with Crippen molar-refractivity contribution in [3.05, 3.63) is 5.32 Å². The van der Waals surface area contributed by atoms with Crippen molar-refractivity contribution in [1.82, 2.24) is 0 Å². The largest absolute Gasteiger partial charge is 1.00 e. The standard InChI is InChI=1S/C10H22N.Cs/c1-9(2,3)7-11-8-10(4,5)6;/h7-8H2,1-6H3;/q-1;+1. The van der Waals surface area contributed by atoms with E-state index in [-0.39, 0.29) is 68.9 Å². The minimum absolute atomic E-state index is 0. The average Bonchev–Trinajstić information content (AvgIpc) is 1.55. The van der Waals surface area contributed by atoms with Crippen LogP contribution in [0.15, 0.2) is 0 Å². The van der Waals surface area contributed by atoms with Crippen molar-refractivity contribution in [1.29, 1.82) is 0 Å². The third kappa shape index (κ3) is 14.5. The van der Waals surface area contributed by atoms with Crippen LogP contribution in [0.4, 0.5) is 0 Å². The van der Waals surface area contributed by atoms with Crippen molar-refractivity contribution in [2.75, 3.05) is 13.1 Å². The van der Waals surface area contributed by atoms with Crippen LogP contribution in [0.25, 0.3) is 5.32 Å². The predicted octanol–water partition coefficient (Wildman–Crippen LogP) is 0.456. The Morgan fingerprint density at radius 2 is 1.00 bits per heavy atom. The Labute approximate surface area is 137 Å². The third-order valence-electron chi connectivity index (χ3n) is 1.17. The van der Waals surface area contributed by atoms with Gasteiger partial charge in [0.05, 0.1) is 0 Å². The Morgan fingerprint density at radius 1 is 0.750 bits per heavy atom. The summed E-state index contributed by atoms with van der Waals surface area (Å²) in [6.07, 6.45) is 0. The SMILES string of the molecule is CC(C)(C)C[N-]CC(C)(C)C.[Cs+]. The van der Waals surface area contributed by atoms with Crippen LogP contribution in [-0.2, 0) is 0 Å². The molecular formula is C10H22CsN. The maximum absolute atomic E-state index is 4.51. The molecule has 0 saturated heterocycles. The Morgan fingerprint density at radius 3 is 1.17 bits per heavy atom. The van der Waals surface area contributed by atoms with Gasteiger partial charge < -0.3 is 5.32 Å². The summed E-state index contributed by atoms with van der Waals surface area (Å²) in [5.41, 5.74) is 0.705. The van der Waals surface area contributed by atoms with Crippen LogP contribution in [0.2, 0.25) is 0 Å². The molecule has 0 bridgehead atoms. The zero-order chi connectivity index (χ0) is 9.12. The number of nitrogens with zero attached hydrogens (tertiary/aromatic N) is 1. The summed E-state index contributed by atoms with van der Waals surface area (Å²) in [4.78, 5) is 0. The van der Waals surface area contributed by atoms with E-state index in [1.807, 2.05) is 0 Å². The molecule has 0 aromatic rings. The summed E-state index contributed by atoms with van der Waals surface area (Å²) < 4.78 is 0. The molecule has 0 aromatic carbocycles. The van der Waals surface area contributed by atoms with E-state index < -0.39 is 0 Å². The molecule has 0 N–H and O–H groups in total. The summed E-state index contributed by atoms with van der Waals surface area (Å²) in [5.74, 6) is 0. The van der Waals surface area contributed by atoms with Gasteiger partial charge in [-0.1, -0.05) is 52.4 Å². The molecule has 68 valence electrons. The maximum Gasteiger partial charge on any atom is 1.00 e. The summed E-state index contributed by atoms with van der Waals surface area (Å²) in [5, 5.41) is 4.51. The fourth-order valence-electron chi connectivity index (χ4n) is 0.727. The fraction of sp³-hybridized carbons (Fsp3) is 1.00. The Kier molecular flexibility index (Phi) is 8.89. The van der Waals surface area contributed by atoms with E-state index >= 15 is 0 Å². The van der Waals surface area contributed by atoms with Crippen molar-refractivity contribution >= 4 is 0 Å². The van der Waals surface area contributed by atoms with Crippen LogP contribution in [-0.4, -0.2) is 13.1 Å². The topological polar surface area (TPSA) is 14.1 Å². The van der Waals surface area contributed by atoms with Crippen molar-refractivity contribution in [3.8, 4) is 0 Å². The summed E-state index contributed by atoms with van der Waals surface area (Å²) in [6.45, 7) is 15.3. The van der Waals surface area contributed by atoms with Gasteiger partial charge in [-0.2, -0.15) is 0 Å². The molecule has 0 spiro atoms. The van der Waals surface area contributed by atoms with Gasteiger partial charge in [0.15, 0.2) is 0 Å². The van der Waals surface area contributed by atoms with Gasteiger partial charge >= 0.3 is 68.9 Å². The first-order chi connectivity index (χ1) is 4.71. The smallest absolute Gasteiger partial charge is 0.661 e. The zero-order valence-electron chi connectivity index (χ0n) is 9.86. The summed E-state index contributed by atoms with van der Waals surface area (Å²) >= 11 is 0. The van der Waals surface area contributed by atoms with Gasteiger partial charge in [-0.25, -0.2) is 0 Å². The molecule has 0 saturated carbocycles. The normalized spacial score (nSPS) is 12.5. The van der Waals surface area contributed by atoms with E-state index in [9.17, 15) is 0 Å².